The van der Waals surface area contributed by atoms with Gasteiger partial charge in [0.1, 0.15) is 5.41 Å². The normalized spacial score (nSPS) is 29.1. The van der Waals surface area contributed by atoms with Crippen molar-refractivity contribution in [3.8, 4) is 0 Å². The number of hydrogen-bond acceptors (Lipinski definition) is 3. The lowest BCUT2D eigenvalue weighted by molar-refractivity contribution is -0.151. The molecule has 1 saturated carbocycles. The number of hydrogen-bond donors (Lipinski definition) is 1. The maximum atomic E-state index is 12.7. The van der Waals surface area contributed by atoms with E-state index >= 15 is 0 Å². The zero-order valence-corrected chi connectivity index (χ0v) is 11.6. The SMILES string of the molecule is O=C1NC(=O)C2(CCCC2)C(=O)N1CC1CC=CCC1. The van der Waals surface area contributed by atoms with Crippen LogP contribution < -0.4 is 5.32 Å². The van der Waals surface area contributed by atoms with Gasteiger partial charge in [-0.3, -0.25) is 19.8 Å². The third-order valence-corrected chi connectivity index (χ3v) is 4.83. The molecule has 1 atom stereocenters. The Morgan fingerprint density at radius 1 is 1.20 bits per heavy atom. The van der Waals surface area contributed by atoms with Crippen molar-refractivity contribution in [1.29, 1.82) is 0 Å². The van der Waals surface area contributed by atoms with E-state index in [-0.39, 0.29) is 11.8 Å². The molecule has 1 unspecified atom stereocenters. The number of barbiturate groups is 1. The summed E-state index contributed by atoms with van der Waals surface area (Å²) in [7, 11) is 0. The molecule has 4 amide bonds. The topological polar surface area (TPSA) is 66.5 Å². The van der Waals surface area contributed by atoms with E-state index in [1.807, 2.05) is 0 Å². The molecule has 20 heavy (non-hydrogen) atoms. The van der Waals surface area contributed by atoms with Gasteiger partial charge >= 0.3 is 6.03 Å². The standard InChI is InChI=1S/C15H20N2O3/c18-12-15(8-4-5-9-15)13(19)17(14(20)16-12)10-11-6-2-1-3-7-11/h1-2,11H,3-10H2,(H,16,18,20). The summed E-state index contributed by atoms with van der Waals surface area (Å²) in [6, 6.07) is -0.535. The number of rotatable bonds is 2. The second-order valence-corrected chi connectivity index (χ2v) is 6.11. The van der Waals surface area contributed by atoms with Crippen LogP contribution in [0.4, 0.5) is 4.79 Å². The summed E-state index contributed by atoms with van der Waals surface area (Å²) in [4.78, 5) is 38.0. The van der Waals surface area contributed by atoms with Crippen LogP contribution in [0.25, 0.3) is 0 Å². The van der Waals surface area contributed by atoms with Crippen LogP contribution in [-0.2, 0) is 9.59 Å². The summed E-state index contributed by atoms with van der Waals surface area (Å²) in [6.45, 7) is 0.435. The number of carbonyl (C=O) groups excluding carboxylic acids is 3. The van der Waals surface area contributed by atoms with Crippen molar-refractivity contribution >= 4 is 17.8 Å². The van der Waals surface area contributed by atoms with Gasteiger partial charge in [0.05, 0.1) is 0 Å². The van der Waals surface area contributed by atoms with E-state index in [2.05, 4.69) is 17.5 Å². The molecule has 1 heterocycles. The minimum atomic E-state index is -0.960. The molecule has 5 nitrogen and oxygen atoms in total. The predicted molar refractivity (Wildman–Crippen MR) is 72.6 cm³/mol. The molecule has 1 aliphatic heterocycles. The molecule has 0 radical (unpaired) electrons. The Morgan fingerprint density at radius 2 is 1.95 bits per heavy atom. The number of carbonyl (C=O) groups is 3. The Hall–Kier alpha value is -1.65. The molecule has 108 valence electrons. The lowest BCUT2D eigenvalue weighted by Crippen LogP contribution is -2.63. The van der Waals surface area contributed by atoms with Crippen LogP contribution in [0.15, 0.2) is 12.2 Å². The molecule has 0 bridgehead atoms. The molecule has 3 aliphatic rings. The van der Waals surface area contributed by atoms with Gasteiger partial charge in [0, 0.05) is 6.54 Å². The zero-order valence-electron chi connectivity index (χ0n) is 11.6. The van der Waals surface area contributed by atoms with Crippen LogP contribution >= 0.6 is 0 Å². The Morgan fingerprint density at radius 3 is 2.60 bits per heavy atom. The highest BCUT2D eigenvalue weighted by atomic mass is 16.2. The number of imide groups is 2. The van der Waals surface area contributed by atoms with Crippen LogP contribution in [0, 0.1) is 11.3 Å². The fourth-order valence-electron chi connectivity index (χ4n) is 3.60. The lowest BCUT2D eigenvalue weighted by Gasteiger charge is -2.38. The van der Waals surface area contributed by atoms with Gasteiger partial charge in [0.2, 0.25) is 11.8 Å². The predicted octanol–water partition coefficient (Wildman–Crippen LogP) is 1.98. The first kappa shape index (κ1) is 13.3. The molecule has 0 aromatic heterocycles. The van der Waals surface area contributed by atoms with Crippen molar-refractivity contribution in [3.05, 3.63) is 12.2 Å². The average molecular weight is 276 g/mol. The van der Waals surface area contributed by atoms with E-state index in [0.717, 1.165) is 32.1 Å². The van der Waals surface area contributed by atoms with Crippen LogP contribution in [0.1, 0.15) is 44.9 Å². The van der Waals surface area contributed by atoms with Gasteiger partial charge in [0.25, 0.3) is 0 Å². The number of allylic oxidation sites excluding steroid dienone is 2. The van der Waals surface area contributed by atoms with Crippen molar-refractivity contribution in [3.63, 3.8) is 0 Å². The van der Waals surface area contributed by atoms with Gasteiger partial charge in [-0.05, 0) is 38.0 Å². The Kier molecular flexibility index (Phi) is 3.36. The molecule has 5 heteroatoms. The van der Waals surface area contributed by atoms with E-state index in [9.17, 15) is 14.4 Å². The monoisotopic (exact) mass is 276 g/mol. The quantitative estimate of drug-likeness (QED) is 0.619. The first-order chi connectivity index (χ1) is 9.63. The van der Waals surface area contributed by atoms with Crippen molar-refractivity contribution in [2.45, 2.75) is 44.9 Å². The van der Waals surface area contributed by atoms with Gasteiger partial charge in [-0.25, -0.2) is 4.79 Å². The van der Waals surface area contributed by atoms with Gasteiger partial charge in [-0.1, -0.05) is 25.0 Å². The average Bonchev–Trinajstić information content (AvgIpc) is 2.94. The molecule has 2 fully saturated rings. The number of nitrogens with one attached hydrogen (secondary N) is 1. The second kappa shape index (κ2) is 5.04. The first-order valence-corrected chi connectivity index (χ1v) is 7.46. The molecule has 1 saturated heterocycles. The minimum absolute atomic E-state index is 0.265. The summed E-state index contributed by atoms with van der Waals surface area (Å²) in [5.41, 5.74) is -0.960. The van der Waals surface area contributed by atoms with Crippen LogP contribution in [-0.4, -0.2) is 29.3 Å². The highest BCUT2D eigenvalue weighted by Crippen LogP contribution is 2.42. The van der Waals surface area contributed by atoms with Crippen LogP contribution in [0.3, 0.4) is 0 Å². The molecule has 1 N–H and O–H groups in total. The summed E-state index contributed by atoms with van der Waals surface area (Å²) in [5.74, 6) is -0.329. The molecule has 0 aromatic carbocycles. The lowest BCUT2D eigenvalue weighted by atomic mass is 9.81. The van der Waals surface area contributed by atoms with E-state index in [4.69, 9.17) is 0 Å². The summed E-state index contributed by atoms with van der Waals surface area (Å²) >= 11 is 0. The zero-order chi connectivity index (χ0) is 14.2. The number of amides is 4. The highest BCUT2D eigenvalue weighted by molar-refractivity contribution is 6.19. The van der Waals surface area contributed by atoms with E-state index in [1.54, 1.807) is 0 Å². The largest absolute Gasteiger partial charge is 0.330 e. The number of urea groups is 1. The Bertz CT molecular complexity index is 478. The fraction of sp³-hybridized carbons (Fsp3) is 0.667. The third-order valence-electron chi connectivity index (χ3n) is 4.83. The summed E-state index contributed by atoms with van der Waals surface area (Å²) in [5, 5.41) is 2.39. The first-order valence-electron chi connectivity index (χ1n) is 7.46. The summed E-state index contributed by atoms with van der Waals surface area (Å²) in [6.07, 6.45) is 10.1. The van der Waals surface area contributed by atoms with E-state index < -0.39 is 11.4 Å². The molecule has 1 spiro atoms. The fourth-order valence-corrected chi connectivity index (χ4v) is 3.60. The Balaban J connectivity index is 1.79. The molecule has 3 rings (SSSR count). The third kappa shape index (κ3) is 2.05. The molecule has 2 aliphatic carbocycles. The van der Waals surface area contributed by atoms with Crippen LogP contribution in [0.5, 0.6) is 0 Å². The second-order valence-electron chi connectivity index (χ2n) is 6.11. The maximum absolute atomic E-state index is 12.7. The van der Waals surface area contributed by atoms with Crippen molar-refractivity contribution in [2.24, 2.45) is 11.3 Å². The summed E-state index contributed by atoms with van der Waals surface area (Å²) < 4.78 is 0. The molecular weight excluding hydrogens is 256 g/mol. The van der Waals surface area contributed by atoms with E-state index in [1.165, 1.54) is 4.90 Å². The van der Waals surface area contributed by atoms with Gasteiger partial charge < -0.3 is 0 Å². The maximum Gasteiger partial charge on any atom is 0.330 e. The van der Waals surface area contributed by atoms with Crippen molar-refractivity contribution in [1.82, 2.24) is 10.2 Å². The van der Waals surface area contributed by atoms with E-state index in [0.29, 0.717) is 25.3 Å². The highest BCUT2D eigenvalue weighted by Gasteiger charge is 2.55. The van der Waals surface area contributed by atoms with Crippen molar-refractivity contribution < 1.29 is 14.4 Å². The minimum Gasteiger partial charge on any atom is -0.277 e. The van der Waals surface area contributed by atoms with Gasteiger partial charge in [0.15, 0.2) is 0 Å². The molecular formula is C15H20N2O3. The van der Waals surface area contributed by atoms with Gasteiger partial charge in [-0.15, -0.1) is 0 Å². The number of nitrogens with zero attached hydrogens (tertiary/aromatic N) is 1. The van der Waals surface area contributed by atoms with Crippen molar-refractivity contribution in [2.75, 3.05) is 6.54 Å². The smallest absolute Gasteiger partial charge is 0.277 e. The molecule has 0 aromatic rings. The Labute approximate surface area is 118 Å². The van der Waals surface area contributed by atoms with Gasteiger partial charge in [-0.2, -0.15) is 0 Å². The van der Waals surface area contributed by atoms with Crippen LogP contribution in [0.2, 0.25) is 0 Å².